The second-order valence-corrected chi connectivity index (χ2v) is 11.7. The third kappa shape index (κ3) is 9.36. The summed E-state index contributed by atoms with van der Waals surface area (Å²) in [5, 5.41) is 34.3. The van der Waals surface area contributed by atoms with Crippen LogP contribution in [0.1, 0.15) is 114 Å². The summed E-state index contributed by atoms with van der Waals surface area (Å²) >= 11 is 0. The zero-order valence-corrected chi connectivity index (χ0v) is 25.5. The third-order valence-electron chi connectivity index (χ3n) is 8.63. The number of Topliss-reactive ketones (excluding diaryl/α,β-unsaturated/α-hetero) is 1. The van der Waals surface area contributed by atoms with E-state index in [-0.39, 0.29) is 6.42 Å². The summed E-state index contributed by atoms with van der Waals surface area (Å²) in [5.41, 5.74) is 1.11. The molecule has 3 N–H and O–H groups in total. The number of aliphatic hydroxyl groups is 3. The summed E-state index contributed by atoms with van der Waals surface area (Å²) in [5.74, 6) is -0.423. The summed E-state index contributed by atoms with van der Waals surface area (Å²) in [7, 11) is 0. The van der Waals surface area contributed by atoms with Crippen LogP contribution < -0.4 is 0 Å². The molecule has 42 heavy (non-hydrogen) atoms. The van der Waals surface area contributed by atoms with E-state index >= 15 is 0 Å². The molecule has 0 aliphatic heterocycles. The van der Waals surface area contributed by atoms with Gasteiger partial charge in [-0.3, -0.25) is 4.79 Å². The van der Waals surface area contributed by atoms with Crippen LogP contribution in [-0.4, -0.2) is 39.4 Å². The number of carbonyl (C=O) groups is 1. The van der Waals surface area contributed by atoms with Crippen LogP contribution in [-0.2, 0) is 10.2 Å². The number of carbonyl (C=O) groups excluding carboxylic acids is 1. The number of aliphatic hydroxyl groups excluding tert-OH is 3. The Kier molecular flexibility index (Phi) is 15.0. The Morgan fingerprint density at radius 3 is 1.24 bits per heavy atom. The van der Waals surface area contributed by atoms with Crippen molar-refractivity contribution in [1.29, 1.82) is 0 Å². The van der Waals surface area contributed by atoms with Gasteiger partial charge in [0.05, 0.1) is 5.41 Å². The summed E-state index contributed by atoms with van der Waals surface area (Å²) in [6.45, 7) is 2.25. The molecule has 0 fully saturated rings. The van der Waals surface area contributed by atoms with Gasteiger partial charge in [-0.05, 0) is 23.1 Å². The van der Waals surface area contributed by atoms with Crippen LogP contribution in [0.5, 0.6) is 0 Å². The van der Waals surface area contributed by atoms with Gasteiger partial charge < -0.3 is 15.3 Å². The van der Waals surface area contributed by atoms with Crippen molar-refractivity contribution in [3.8, 4) is 0 Å². The number of benzene rings is 3. The van der Waals surface area contributed by atoms with E-state index in [0.717, 1.165) is 29.5 Å². The first-order chi connectivity index (χ1) is 20.5. The maximum absolute atomic E-state index is 13.0. The summed E-state index contributed by atoms with van der Waals surface area (Å²) in [4.78, 5) is 13.0. The van der Waals surface area contributed by atoms with Crippen molar-refractivity contribution >= 4 is 5.78 Å². The fourth-order valence-electron chi connectivity index (χ4n) is 6.20. The molecule has 3 rings (SSSR count). The van der Waals surface area contributed by atoms with E-state index < -0.39 is 29.5 Å². The molecule has 0 aromatic heterocycles. The summed E-state index contributed by atoms with van der Waals surface area (Å²) in [6.07, 6.45) is 11.1. The topological polar surface area (TPSA) is 77.8 Å². The largest absolute Gasteiger partial charge is 0.389 e. The van der Waals surface area contributed by atoms with Crippen molar-refractivity contribution in [2.75, 3.05) is 0 Å². The summed E-state index contributed by atoms with van der Waals surface area (Å²) < 4.78 is 0. The molecule has 0 aliphatic carbocycles. The Hall–Kier alpha value is -2.79. The van der Waals surface area contributed by atoms with Crippen molar-refractivity contribution in [3.63, 3.8) is 0 Å². The Labute approximate surface area is 253 Å². The molecule has 3 aromatic carbocycles. The van der Waals surface area contributed by atoms with E-state index in [4.69, 9.17) is 0 Å². The Morgan fingerprint density at radius 2 is 0.881 bits per heavy atom. The second-order valence-electron chi connectivity index (χ2n) is 11.7. The predicted octanol–water partition coefficient (Wildman–Crippen LogP) is 8.15. The molecule has 0 saturated carbocycles. The lowest BCUT2D eigenvalue weighted by atomic mass is 9.64. The van der Waals surface area contributed by atoms with Gasteiger partial charge in [0.2, 0.25) is 0 Å². The molecule has 0 spiro atoms. The van der Waals surface area contributed by atoms with Gasteiger partial charge in [-0.15, -0.1) is 0 Å². The van der Waals surface area contributed by atoms with Crippen molar-refractivity contribution < 1.29 is 20.1 Å². The quantitative estimate of drug-likeness (QED) is 0.0889. The van der Waals surface area contributed by atoms with Crippen LogP contribution in [0.4, 0.5) is 0 Å². The number of rotatable bonds is 21. The number of unbranched alkanes of at least 4 members (excludes halogenated alkanes) is 12. The van der Waals surface area contributed by atoms with Crippen LogP contribution in [0.15, 0.2) is 91.0 Å². The minimum atomic E-state index is -1.67. The first kappa shape index (κ1) is 33.7. The molecular weight excluding hydrogens is 520 g/mol. The molecule has 0 heterocycles. The highest BCUT2D eigenvalue weighted by molar-refractivity contribution is 5.83. The lowest BCUT2D eigenvalue weighted by molar-refractivity contribution is -0.140. The highest BCUT2D eigenvalue weighted by atomic mass is 16.4. The molecule has 0 aliphatic rings. The van der Waals surface area contributed by atoms with E-state index in [1.54, 1.807) is 0 Å². The molecule has 0 radical (unpaired) electrons. The molecule has 0 saturated heterocycles. The maximum atomic E-state index is 13.0. The Bertz CT molecular complexity index is 1020. The number of hydrogen-bond acceptors (Lipinski definition) is 4. The number of hydrogen-bond donors (Lipinski definition) is 3. The van der Waals surface area contributed by atoms with Crippen LogP contribution in [0.3, 0.4) is 0 Å². The molecule has 4 heteroatoms. The van der Waals surface area contributed by atoms with Crippen LogP contribution in [0, 0.1) is 0 Å². The average molecular weight is 573 g/mol. The van der Waals surface area contributed by atoms with E-state index in [0.29, 0.717) is 6.42 Å². The van der Waals surface area contributed by atoms with Gasteiger partial charge in [0.15, 0.2) is 5.78 Å². The Morgan fingerprint density at radius 1 is 0.548 bits per heavy atom. The fourth-order valence-corrected chi connectivity index (χ4v) is 6.20. The van der Waals surface area contributed by atoms with Gasteiger partial charge in [-0.2, -0.15) is 0 Å². The fraction of sp³-hybridized carbons (Fsp3) is 0.500. The van der Waals surface area contributed by atoms with Gasteiger partial charge >= 0.3 is 0 Å². The first-order valence-corrected chi connectivity index (χ1v) is 16.3. The van der Waals surface area contributed by atoms with Crippen LogP contribution in [0.25, 0.3) is 0 Å². The lowest BCUT2D eigenvalue weighted by Crippen LogP contribution is -2.54. The van der Waals surface area contributed by atoms with Crippen molar-refractivity contribution in [2.24, 2.45) is 0 Å². The molecule has 228 valence electrons. The van der Waals surface area contributed by atoms with Crippen molar-refractivity contribution in [3.05, 3.63) is 108 Å². The second kappa shape index (κ2) is 18.7. The van der Waals surface area contributed by atoms with Crippen molar-refractivity contribution in [1.82, 2.24) is 0 Å². The number of ketones is 1. The molecule has 3 atom stereocenters. The molecule has 2 unspecified atom stereocenters. The van der Waals surface area contributed by atoms with Gasteiger partial charge in [-0.1, -0.05) is 175 Å². The van der Waals surface area contributed by atoms with E-state index in [9.17, 15) is 20.1 Å². The minimum absolute atomic E-state index is 0.192. The van der Waals surface area contributed by atoms with Gasteiger partial charge in [0.25, 0.3) is 0 Å². The normalized spacial score (nSPS) is 13.9. The molecule has 4 nitrogen and oxygen atoms in total. The summed E-state index contributed by atoms with van der Waals surface area (Å²) in [6, 6.07) is 28.6. The average Bonchev–Trinajstić information content (AvgIpc) is 3.04. The van der Waals surface area contributed by atoms with Gasteiger partial charge in [0.1, 0.15) is 18.3 Å². The lowest BCUT2D eigenvalue weighted by Gasteiger charge is -2.42. The monoisotopic (exact) mass is 572 g/mol. The zero-order chi connectivity index (χ0) is 30.0. The van der Waals surface area contributed by atoms with Gasteiger partial charge in [-0.25, -0.2) is 0 Å². The molecular formula is C38H52O4. The standard InChI is InChI=1S/C38H52O4/c1-2-3-4-5-6-7-8-9-10-11-12-13-23-30-34(39)35(40)36(41)37(42)38(31-24-17-14-18-25-31,32-26-19-15-20-27-32)33-28-21-16-22-29-33/h14-22,24-29,35-37,40-42H,2-13,23,30H2,1H3/t35-,36?,37?/m0/s1. The van der Waals surface area contributed by atoms with Crippen molar-refractivity contribution in [2.45, 2.75) is 121 Å². The molecule has 0 amide bonds. The van der Waals surface area contributed by atoms with Crippen LogP contribution >= 0.6 is 0 Å². The predicted molar refractivity (Wildman–Crippen MR) is 173 cm³/mol. The molecule has 0 bridgehead atoms. The van der Waals surface area contributed by atoms with Crippen LogP contribution in [0.2, 0.25) is 0 Å². The maximum Gasteiger partial charge on any atom is 0.164 e. The molecule has 3 aromatic rings. The third-order valence-corrected chi connectivity index (χ3v) is 8.63. The van der Waals surface area contributed by atoms with E-state index in [1.165, 1.54) is 64.2 Å². The smallest absolute Gasteiger partial charge is 0.164 e. The zero-order valence-electron chi connectivity index (χ0n) is 25.5. The first-order valence-electron chi connectivity index (χ1n) is 16.3. The highest BCUT2D eigenvalue weighted by Crippen LogP contribution is 2.43. The Balaban J connectivity index is 1.58. The van der Waals surface area contributed by atoms with E-state index in [2.05, 4.69) is 6.92 Å². The van der Waals surface area contributed by atoms with E-state index in [1.807, 2.05) is 91.0 Å². The highest BCUT2D eigenvalue weighted by Gasteiger charge is 2.48. The SMILES string of the molecule is CCCCCCCCCCCCCCCC(=O)[C@H](O)C(O)C(O)C(c1ccccc1)(c1ccccc1)c1ccccc1. The van der Waals surface area contributed by atoms with Gasteiger partial charge in [0, 0.05) is 6.42 Å². The minimum Gasteiger partial charge on any atom is -0.389 e.